The molecule has 118 valence electrons. The number of carbonyl (C=O) groups excluding carboxylic acids is 1. The number of anilines is 1. The third-order valence-corrected chi connectivity index (χ3v) is 5.12. The van der Waals surface area contributed by atoms with E-state index in [1.165, 1.54) is 0 Å². The summed E-state index contributed by atoms with van der Waals surface area (Å²) >= 11 is 0. The molecule has 4 atom stereocenters. The second kappa shape index (κ2) is 5.63. The number of hydrogen-bond acceptors (Lipinski definition) is 3. The Morgan fingerprint density at radius 1 is 1.23 bits per heavy atom. The van der Waals surface area contributed by atoms with Crippen LogP contribution in [0.2, 0.25) is 0 Å². The van der Waals surface area contributed by atoms with Crippen LogP contribution in [0.15, 0.2) is 18.2 Å². The first-order chi connectivity index (χ1) is 10.5. The molecule has 0 aromatic heterocycles. The van der Waals surface area contributed by atoms with E-state index in [0.717, 1.165) is 24.8 Å². The van der Waals surface area contributed by atoms with E-state index in [2.05, 4.69) is 5.32 Å². The van der Waals surface area contributed by atoms with Gasteiger partial charge in [0.15, 0.2) is 0 Å². The first-order valence-electron chi connectivity index (χ1n) is 7.69. The Morgan fingerprint density at radius 2 is 1.91 bits per heavy atom. The minimum absolute atomic E-state index is 0.151. The van der Waals surface area contributed by atoms with Crippen LogP contribution in [0.25, 0.3) is 0 Å². The van der Waals surface area contributed by atoms with Crippen molar-refractivity contribution in [1.29, 1.82) is 0 Å². The predicted octanol–water partition coefficient (Wildman–Crippen LogP) is 2.69. The van der Waals surface area contributed by atoms with Crippen LogP contribution in [0, 0.1) is 30.6 Å². The second-order valence-electron chi connectivity index (χ2n) is 6.42. The van der Waals surface area contributed by atoms with Crippen LogP contribution < -0.4 is 10.1 Å². The maximum Gasteiger partial charge on any atom is 0.307 e. The van der Waals surface area contributed by atoms with Gasteiger partial charge in [0.25, 0.3) is 0 Å². The monoisotopic (exact) mass is 303 g/mol. The zero-order chi connectivity index (χ0) is 15.9. The zero-order valence-corrected chi connectivity index (χ0v) is 12.8. The van der Waals surface area contributed by atoms with Gasteiger partial charge in [-0.15, -0.1) is 0 Å². The first-order valence-corrected chi connectivity index (χ1v) is 7.69. The van der Waals surface area contributed by atoms with Crippen LogP contribution in [0.5, 0.6) is 5.75 Å². The number of aliphatic carboxylic acids is 1. The van der Waals surface area contributed by atoms with Gasteiger partial charge in [-0.1, -0.05) is 6.07 Å². The summed E-state index contributed by atoms with van der Waals surface area (Å²) in [7, 11) is 1.55. The van der Waals surface area contributed by atoms with Crippen LogP contribution in [0.4, 0.5) is 5.69 Å². The van der Waals surface area contributed by atoms with Gasteiger partial charge in [0.1, 0.15) is 5.75 Å². The number of rotatable bonds is 4. The average molecular weight is 303 g/mol. The Morgan fingerprint density at radius 3 is 2.55 bits per heavy atom. The fraction of sp³-hybridized carbons (Fsp3) is 0.529. The molecule has 1 aromatic carbocycles. The molecule has 2 saturated carbocycles. The summed E-state index contributed by atoms with van der Waals surface area (Å²) in [6.07, 6.45) is 2.75. The third-order valence-electron chi connectivity index (χ3n) is 5.12. The van der Waals surface area contributed by atoms with Gasteiger partial charge >= 0.3 is 5.97 Å². The van der Waals surface area contributed by atoms with Crippen molar-refractivity contribution in [3.8, 4) is 5.75 Å². The Kier molecular flexibility index (Phi) is 3.81. The van der Waals surface area contributed by atoms with Gasteiger partial charge in [-0.05, 0) is 55.7 Å². The molecule has 3 rings (SSSR count). The highest BCUT2D eigenvalue weighted by atomic mass is 16.5. The molecule has 0 unspecified atom stereocenters. The number of fused-ring (bicyclic) bond motifs is 2. The van der Waals surface area contributed by atoms with Gasteiger partial charge < -0.3 is 15.2 Å². The quantitative estimate of drug-likeness (QED) is 0.896. The maximum absolute atomic E-state index is 12.7. The van der Waals surface area contributed by atoms with E-state index >= 15 is 0 Å². The van der Waals surface area contributed by atoms with Gasteiger partial charge in [-0.3, -0.25) is 9.59 Å². The Labute approximate surface area is 129 Å². The number of carboxylic acids is 1. The number of nitrogens with one attached hydrogen (secondary N) is 1. The van der Waals surface area contributed by atoms with Gasteiger partial charge in [0.2, 0.25) is 5.91 Å². The molecule has 2 N–H and O–H groups in total. The van der Waals surface area contributed by atoms with Crippen LogP contribution in [0.3, 0.4) is 0 Å². The van der Waals surface area contributed by atoms with Crippen molar-refractivity contribution < 1.29 is 19.4 Å². The molecule has 0 heterocycles. The van der Waals surface area contributed by atoms with Crippen molar-refractivity contribution in [3.63, 3.8) is 0 Å². The van der Waals surface area contributed by atoms with Gasteiger partial charge in [0.05, 0.1) is 24.6 Å². The van der Waals surface area contributed by atoms with E-state index in [1.807, 2.05) is 19.1 Å². The van der Waals surface area contributed by atoms with E-state index in [4.69, 9.17) is 4.74 Å². The molecule has 22 heavy (non-hydrogen) atoms. The molecule has 2 aliphatic carbocycles. The number of methoxy groups -OCH3 is 1. The molecule has 1 aromatic rings. The van der Waals surface area contributed by atoms with Crippen LogP contribution in [0.1, 0.15) is 24.8 Å². The Bertz CT molecular complexity index is 613. The zero-order valence-electron chi connectivity index (χ0n) is 12.8. The lowest BCUT2D eigenvalue weighted by atomic mass is 9.78. The molecular formula is C17H21NO4. The van der Waals surface area contributed by atoms with Crippen LogP contribution >= 0.6 is 0 Å². The van der Waals surface area contributed by atoms with Crippen LogP contribution in [-0.2, 0) is 9.59 Å². The van der Waals surface area contributed by atoms with E-state index in [1.54, 1.807) is 13.2 Å². The molecule has 1 amide bonds. The maximum atomic E-state index is 12.7. The number of carbonyl (C=O) groups is 2. The average Bonchev–Trinajstić information content (AvgIpc) is 3.08. The summed E-state index contributed by atoms with van der Waals surface area (Å²) in [4.78, 5) is 24.2. The topological polar surface area (TPSA) is 75.6 Å². The van der Waals surface area contributed by atoms with Gasteiger partial charge in [0, 0.05) is 0 Å². The van der Waals surface area contributed by atoms with E-state index in [9.17, 15) is 14.7 Å². The number of ether oxygens (including phenoxy) is 1. The molecule has 2 bridgehead atoms. The number of amides is 1. The van der Waals surface area contributed by atoms with Crippen molar-refractivity contribution in [3.05, 3.63) is 23.8 Å². The number of aryl methyl sites for hydroxylation is 1. The lowest BCUT2D eigenvalue weighted by Crippen LogP contribution is -2.37. The van der Waals surface area contributed by atoms with Crippen molar-refractivity contribution in [1.82, 2.24) is 0 Å². The van der Waals surface area contributed by atoms with E-state index < -0.39 is 17.8 Å². The van der Waals surface area contributed by atoms with E-state index in [0.29, 0.717) is 11.4 Å². The lowest BCUT2D eigenvalue weighted by Gasteiger charge is -2.27. The molecule has 5 nitrogen and oxygen atoms in total. The summed E-state index contributed by atoms with van der Waals surface area (Å²) in [6.45, 7) is 1.94. The highest BCUT2D eigenvalue weighted by Gasteiger charge is 2.54. The highest BCUT2D eigenvalue weighted by molar-refractivity contribution is 5.97. The SMILES string of the molecule is COc1ccc(C)cc1NC(=O)[C@@H]1[C@@H]2CC[C@@H](C2)[C@@H]1C(=O)O. The van der Waals surface area contributed by atoms with Gasteiger partial charge in [-0.2, -0.15) is 0 Å². The summed E-state index contributed by atoms with van der Waals surface area (Å²) in [5.74, 6) is -1.07. The summed E-state index contributed by atoms with van der Waals surface area (Å²) < 4.78 is 5.27. The first kappa shape index (κ1) is 14.9. The normalized spacial score (nSPS) is 29.4. The Balaban J connectivity index is 1.82. The fourth-order valence-electron chi connectivity index (χ4n) is 4.16. The summed E-state index contributed by atoms with van der Waals surface area (Å²) in [5, 5.41) is 12.3. The summed E-state index contributed by atoms with van der Waals surface area (Å²) in [5.41, 5.74) is 1.62. The molecule has 5 heteroatoms. The predicted molar refractivity (Wildman–Crippen MR) is 81.8 cm³/mol. The number of benzene rings is 1. The highest BCUT2D eigenvalue weighted by Crippen LogP contribution is 2.52. The third kappa shape index (κ3) is 2.45. The molecule has 2 aliphatic rings. The molecule has 2 fully saturated rings. The minimum atomic E-state index is -0.844. The van der Waals surface area contributed by atoms with E-state index in [-0.39, 0.29) is 17.7 Å². The molecular weight excluding hydrogens is 282 g/mol. The molecule has 0 aliphatic heterocycles. The largest absolute Gasteiger partial charge is 0.495 e. The molecule has 0 spiro atoms. The standard InChI is InChI=1S/C17H21NO4/c1-9-3-6-13(22-2)12(7-9)18-16(19)14-10-4-5-11(8-10)15(14)17(20)21/h3,6-7,10-11,14-15H,4-5,8H2,1-2H3,(H,18,19)(H,20,21)/t10-,11+,14-,15+/m1/s1. The lowest BCUT2D eigenvalue weighted by molar-refractivity contribution is -0.148. The van der Waals surface area contributed by atoms with Crippen molar-refractivity contribution in [2.45, 2.75) is 26.2 Å². The second-order valence-corrected chi connectivity index (χ2v) is 6.42. The number of hydrogen-bond donors (Lipinski definition) is 2. The Hall–Kier alpha value is -2.04. The smallest absolute Gasteiger partial charge is 0.307 e. The molecule has 0 radical (unpaired) electrons. The van der Waals surface area contributed by atoms with Crippen LogP contribution in [-0.4, -0.2) is 24.1 Å². The fourth-order valence-corrected chi connectivity index (χ4v) is 4.16. The van der Waals surface area contributed by atoms with Crippen molar-refractivity contribution >= 4 is 17.6 Å². The minimum Gasteiger partial charge on any atom is -0.495 e. The summed E-state index contributed by atoms with van der Waals surface area (Å²) in [6, 6.07) is 5.56. The van der Waals surface area contributed by atoms with Gasteiger partial charge in [-0.25, -0.2) is 0 Å². The molecule has 0 saturated heterocycles. The number of carboxylic acid groups (broad SMARTS) is 1. The van der Waals surface area contributed by atoms with Crippen molar-refractivity contribution in [2.24, 2.45) is 23.7 Å². The van der Waals surface area contributed by atoms with Crippen molar-refractivity contribution in [2.75, 3.05) is 12.4 Å².